The molecule has 0 unspecified atom stereocenters. The predicted molar refractivity (Wildman–Crippen MR) is 94.6 cm³/mol. The summed E-state index contributed by atoms with van der Waals surface area (Å²) in [4.78, 5) is 25.9. The van der Waals surface area contributed by atoms with Crippen LogP contribution in [0.15, 0.2) is 35.7 Å². The van der Waals surface area contributed by atoms with Gasteiger partial charge in [-0.3, -0.25) is 19.8 Å². The van der Waals surface area contributed by atoms with Gasteiger partial charge in [0.2, 0.25) is 5.91 Å². The molecule has 2 heterocycles. The molecule has 0 bridgehead atoms. The Hall–Kier alpha value is -1.96. The van der Waals surface area contributed by atoms with Gasteiger partial charge in [0.1, 0.15) is 0 Å². The minimum Gasteiger partial charge on any atom is -0.324 e. The van der Waals surface area contributed by atoms with E-state index in [0.29, 0.717) is 5.69 Å². The zero-order valence-corrected chi connectivity index (χ0v) is 14.3. The molecule has 0 spiro atoms. The van der Waals surface area contributed by atoms with Crippen LogP contribution >= 0.6 is 22.9 Å². The molecule has 6 nitrogen and oxygen atoms in total. The molecule has 2 aromatic rings. The number of anilines is 1. The summed E-state index contributed by atoms with van der Waals surface area (Å²) in [5.41, 5.74) is 0.287. The van der Waals surface area contributed by atoms with Gasteiger partial charge in [0.25, 0.3) is 5.69 Å². The van der Waals surface area contributed by atoms with Crippen LogP contribution in [-0.2, 0) is 4.79 Å². The summed E-state index contributed by atoms with van der Waals surface area (Å²) < 4.78 is 0. The van der Waals surface area contributed by atoms with Crippen molar-refractivity contribution in [2.45, 2.75) is 18.9 Å². The molecule has 0 radical (unpaired) electrons. The fourth-order valence-corrected chi connectivity index (χ4v) is 4.03. The molecule has 1 amide bonds. The lowest BCUT2D eigenvalue weighted by Gasteiger charge is -2.23. The molecule has 1 saturated heterocycles. The van der Waals surface area contributed by atoms with Gasteiger partial charge in [-0.25, -0.2) is 0 Å². The number of likely N-dealkylation sites (tertiary alicyclic amines) is 1. The molecule has 1 fully saturated rings. The molecule has 8 heteroatoms. The topological polar surface area (TPSA) is 75.5 Å². The van der Waals surface area contributed by atoms with Crippen molar-refractivity contribution in [2.75, 3.05) is 18.4 Å². The Labute approximate surface area is 148 Å². The first-order valence-electron chi connectivity index (χ1n) is 7.56. The smallest absolute Gasteiger partial charge is 0.271 e. The number of hydrogen-bond donors (Lipinski definition) is 1. The number of hydrogen-bond acceptors (Lipinski definition) is 5. The summed E-state index contributed by atoms with van der Waals surface area (Å²) in [6, 6.07) is 8.42. The van der Waals surface area contributed by atoms with Crippen LogP contribution in [0.5, 0.6) is 0 Å². The lowest BCUT2D eigenvalue weighted by Crippen LogP contribution is -2.32. The maximum Gasteiger partial charge on any atom is 0.271 e. The maximum absolute atomic E-state index is 12.3. The number of carbonyl (C=O) groups is 1. The summed E-state index contributed by atoms with van der Waals surface area (Å²) >= 11 is 7.72. The molecule has 1 aromatic carbocycles. The summed E-state index contributed by atoms with van der Waals surface area (Å²) in [7, 11) is 0. The average Bonchev–Trinajstić information content (AvgIpc) is 3.19. The normalized spacial score (nSPS) is 17.8. The Kier molecular flexibility index (Phi) is 5.13. The predicted octanol–water partition coefficient (Wildman–Crippen LogP) is 4.09. The third-order valence-corrected chi connectivity index (χ3v) is 5.31. The second-order valence-corrected chi connectivity index (χ2v) is 7.00. The molecule has 0 aliphatic carbocycles. The lowest BCUT2D eigenvalue weighted by molar-refractivity contribution is -0.384. The molecule has 1 aromatic heterocycles. The average molecular weight is 366 g/mol. The SMILES string of the molecule is O=C(CN1CCC[C@@H]1c1cccs1)Nc1ccc([N+](=O)[O-])cc1Cl. The van der Waals surface area contributed by atoms with Crippen molar-refractivity contribution in [3.05, 3.63) is 55.7 Å². The molecule has 1 aliphatic rings. The molecular weight excluding hydrogens is 350 g/mol. The van der Waals surface area contributed by atoms with Gasteiger partial charge < -0.3 is 5.32 Å². The lowest BCUT2D eigenvalue weighted by atomic mass is 10.2. The number of benzene rings is 1. The molecular formula is C16H16ClN3O3S. The Morgan fingerprint density at radius 1 is 1.46 bits per heavy atom. The summed E-state index contributed by atoms with van der Waals surface area (Å²) in [5.74, 6) is -0.172. The van der Waals surface area contributed by atoms with Crippen molar-refractivity contribution in [3.63, 3.8) is 0 Å². The first kappa shape index (κ1) is 16.9. The van der Waals surface area contributed by atoms with E-state index in [-0.39, 0.29) is 29.2 Å². The molecule has 24 heavy (non-hydrogen) atoms. The van der Waals surface area contributed by atoms with Crippen LogP contribution in [0.1, 0.15) is 23.8 Å². The van der Waals surface area contributed by atoms with E-state index in [4.69, 9.17) is 11.6 Å². The number of nitrogens with one attached hydrogen (secondary N) is 1. The van der Waals surface area contributed by atoms with Crippen LogP contribution < -0.4 is 5.32 Å². The summed E-state index contributed by atoms with van der Waals surface area (Å²) in [5, 5.41) is 15.7. The molecule has 1 N–H and O–H groups in total. The number of carbonyl (C=O) groups excluding carboxylic acids is 1. The van der Waals surface area contributed by atoms with Crippen LogP contribution in [0.2, 0.25) is 5.02 Å². The van der Waals surface area contributed by atoms with Crippen molar-refractivity contribution in [3.8, 4) is 0 Å². The number of non-ortho nitro benzene ring substituents is 1. The van der Waals surface area contributed by atoms with Gasteiger partial charge in [0.05, 0.1) is 22.2 Å². The van der Waals surface area contributed by atoms with E-state index in [1.165, 1.54) is 23.1 Å². The molecule has 0 saturated carbocycles. The van der Waals surface area contributed by atoms with E-state index < -0.39 is 4.92 Å². The van der Waals surface area contributed by atoms with Gasteiger partial charge in [-0.1, -0.05) is 17.7 Å². The number of nitrogens with zero attached hydrogens (tertiary/aromatic N) is 2. The highest BCUT2D eigenvalue weighted by atomic mass is 35.5. The van der Waals surface area contributed by atoms with Gasteiger partial charge in [-0.2, -0.15) is 0 Å². The fourth-order valence-electron chi connectivity index (χ4n) is 2.91. The Morgan fingerprint density at radius 3 is 2.96 bits per heavy atom. The number of rotatable bonds is 5. The second kappa shape index (κ2) is 7.29. The zero-order chi connectivity index (χ0) is 17.1. The maximum atomic E-state index is 12.3. The highest BCUT2D eigenvalue weighted by Gasteiger charge is 2.28. The zero-order valence-electron chi connectivity index (χ0n) is 12.8. The minimum atomic E-state index is -0.520. The van der Waals surface area contributed by atoms with E-state index in [1.54, 1.807) is 11.3 Å². The summed E-state index contributed by atoms with van der Waals surface area (Å²) in [6.07, 6.45) is 2.11. The first-order chi connectivity index (χ1) is 11.5. The minimum absolute atomic E-state index is 0.102. The van der Waals surface area contributed by atoms with Crippen LogP contribution in [-0.4, -0.2) is 28.8 Å². The van der Waals surface area contributed by atoms with Gasteiger partial charge in [-0.15, -0.1) is 11.3 Å². The second-order valence-electron chi connectivity index (χ2n) is 5.61. The third-order valence-electron chi connectivity index (χ3n) is 4.02. The number of amides is 1. The van der Waals surface area contributed by atoms with Crippen LogP contribution in [0.4, 0.5) is 11.4 Å². The fraction of sp³-hybridized carbons (Fsp3) is 0.312. The molecule has 1 atom stereocenters. The largest absolute Gasteiger partial charge is 0.324 e. The Morgan fingerprint density at radius 2 is 2.29 bits per heavy atom. The highest BCUT2D eigenvalue weighted by molar-refractivity contribution is 7.10. The molecule has 3 rings (SSSR count). The van der Waals surface area contributed by atoms with E-state index in [1.807, 2.05) is 11.4 Å². The van der Waals surface area contributed by atoms with Crippen molar-refractivity contribution >= 4 is 40.2 Å². The van der Waals surface area contributed by atoms with Gasteiger partial charge in [0.15, 0.2) is 0 Å². The number of nitro groups is 1. The van der Waals surface area contributed by atoms with Crippen molar-refractivity contribution in [1.82, 2.24) is 4.90 Å². The highest BCUT2D eigenvalue weighted by Crippen LogP contribution is 2.34. The monoisotopic (exact) mass is 365 g/mol. The van der Waals surface area contributed by atoms with E-state index in [0.717, 1.165) is 19.4 Å². The summed E-state index contributed by atoms with van der Waals surface area (Å²) in [6.45, 7) is 1.15. The van der Waals surface area contributed by atoms with E-state index in [2.05, 4.69) is 16.3 Å². The van der Waals surface area contributed by atoms with Crippen molar-refractivity contribution in [1.29, 1.82) is 0 Å². The van der Waals surface area contributed by atoms with Crippen LogP contribution in [0, 0.1) is 10.1 Å². The van der Waals surface area contributed by atoms with Crippen molar-refractivity contribution in [2.24, 2.45) is 0 Å². The van der Waals surface area contributed by atoms with Gasteiger partial charge >= 0.3 is 0 Å². The number of nitro benzene ring substituents is 1. The van der Waals surface area contributed by atoms with E-state index >= 15 is 0 Å². The first-order valence-corrected chi connectivity index (χ1v) is 8.81. The van der Waals surface area contributed by atoms with Gasteiger partial charge in [0, 0.05) is 23.1 Å². The standard InChI is InChI=1S/C16H16ClN3O3S/c17-12-9-11(20(22)23)5-6-13(12)18-16(21)10-19-7-1-3-14(19)15-4-2-8-24-15/h2,4-6,8-9,14H,1,3,7,10H2,(H,18,21)/t14-/m1/s1. The molecule has 126 valence electrons. The Bertz CT molecular complexity index is 751. The van der Waals surface area contributed by atoms with Crippen LogP contribution in [0.3, 0.4) is 0 Å². The third kappa shape index (κ3) is 3.75. The van der Waals surface area contributed by atoms with Crippen LogP contribution in [0.25, 0.3) is 0 Å². The number of thiophene rings is 1. The molecule has 1 aliphatic heterocycles. The Balaban J connectivity index is 1.64. The number of halogens is 1. The van der Waals surface area contributed by atoms with Gasteiger partial charge in [-0.05, 0) is 36.9 Å². The quantitative estimate of drug-likeness (QED) is 0.639. The van der Waals surface area contributed by atoms with Crippen molar-refractivity contribution < 1.29 is 9.72 Å². The van der Waals surface area contributed by atoms with E-state index in [9.17, 15) is 14.9 Å².